The summed E-state index contributed by atoms with van der Waals surface area (Å²) in [6, 6.07) is 0. The second kappa shape index (κ2) is 7.68. The molecule has 0 saturated heterocycles. The molecule has 0 bridgehead atoms. The Bertz CT molecular complexity index is 247. The summed E-state index contributed by atoms with van der Waals surface area (Å²) in [5.41, 5.74) is -3.09. The predicted octanol–water partition coefficient (Wildman–Crippen LogP) is -0.468. The highest BCUT2D eigenvalue weighted by molar-refractivity contribution is 4.97. The molecule has 0 aliphatic carbocycles. The van der Waals surface area contributed by atoms with E-state index in [4.69, 9.17) is 0 Å². The smallest absolute Gasteiger partial charge is 0.111 e. The number of hydrogen-bond donors (Lipinski definition) is 6. The van der Waals surface area contributed by atoms with Crippen LogP contribution in [-0.4, -0.2) is 66.3 Å². The van der Waals surface area contributed by atoms with E-state index in [2.05, 4.69) is 0 Å². The molecular weight excluding hydrogens is 264 g/mol. The summed E-state index contributed by atoms with van der Waals surface area (Å²) in [6.45, 7) is 6.60. The van der Waals surface area contributed by atoms with E-state index in [0.29, 0.717) is 0 Å². The van der Waals surface area contributed by atoms with Crippen molar-refractivity contribution in [2.24, 2.45) is 0 Å². The molecule has 4 atom stereocenters. The summed E-state index contributed by atoms with van der Waals surface area (Å²) in [5, 5.41) is 60.3. The Labute approximate surface area is 120 Å². The molecule has 122 valence electrons. The van der Waals surface area contributed by atoms with Crippen LogP contribution in [0.1, 0.15) is 53.4 Å². The lowest BCUT2D eigenvalue weighted by Crippen LogP contribution is -2.59. The average molecular weight is 294 g/mol. The second-order valence-electron chi connectivity index (χ2n) is 5.49. The predicted molar refractivity (Wildman–Crippen MR) is 75.1 cm³/mol. The van der Waals surface area contributed by atoms with Gasteiger partial charge in [-0.2, -0.15) is 0 Å². The molecule has 0 amide bonds. The van der Waals surface area contributed by atoms with E-state index in [0.717, 1.165) is 0 Å². The molecule has 0 rings (SSSR count). The molecule has 0 radical (unpaired) electrons. The Morgan fingerprint density at radius 2 is 0.800 bits per heavy atom. The molecule has 0 saturated carbocycles. The summed E-state index contributed by atoms with van der Waals surface area (Å²) < 4.78 is 0. The summed E-state index contributed by atoms with van der Waals surface area (Å²) in [4.78, 5) is 0. The molecule has 6 nitrogen and oxygen atoms in total. The van der Waals surface area contributed by atoms with Gasteiger partial charge in [-0.15, -0.1) is 0 Å². The Balaban J connectivity index is 5.06. The fourth-order valence-corrected chi connectivity index (χ4v) is 2.35. The fourth-order valence-electron chi connectivity index (χ4n) is 2.35. The van der Waals surface area contributed by atoms with Gasteiger partial charge in [0.1, 0.15) is 24.4 Å². The zero-order chi connectivity index (χ0) is 16.1. The van der Waals surface area contributed by atoms with Gasteiger partial charge in [-0.3, -0.25) is 0 Å². The van der Waals surface area contributed by atoms with E-state index in [1.54, 1.807) is 27.7 Å². The highest BCUT2D eigenvalue weighted by Crippen LogP contribution is 2.28. The zero-order valence-electron chi connectivity index (χ0n) is 12.8. The van der Waals surface area contributed by atoms with Crippen LogP contribution in [0.2, 0.25) is 0 Å². The van der Waals surface area contributed by atoms with E-state index in [1.807, 2.05) is 0 Å². The van der Waals surface area contributed by atoms with Gasteiger partial charge in [0.25, 0.3) is 0 Å². The Kier molecular flexibility index (Phi) is 7.59. The summed E-state index contributed by atoms with van der Waals surface area (Å²) >= 11 is 0. The summed E-state index contributed by atoms with van der Waals surface area (Å²) in [7, 11) is 0. The molecule has 0 aromatic carbocycles. The average Bonchev–Trinajstić information content (AvgIpc) is 2.50. The van der Waals surface area contributed by atoms with Crippen molar-refractivity contribution >= 4 is 0 Å². The van der Waals surface area contributed by atoms with Crippen molar-refractivity contribution in [3.8, 4) is 0 Å². The van der Waals surface area contributed by atoms with Crippen molar-refractivity contribution in [1.82, 2.24) is 0 Å². The maximum absolute atomic E-state index is 10.2. The largest absolute Gasteiger partial charge is 0.387 e. The molecule has 0 aliphatic rings. The first-order valence-corrected chi connectivity index (χ1v) is 7.30. The Morgan fingerprint density at radius 3 is 0.950 bits per heavy atom. The monoisotopic (exact) mass is 294 g/mol. The van der Waals surface area contributed by atoms with Crippen LogP contribution in [0.25, 0.3) is 0 Å². The lowest BCUT2D eigenvalue weighted by molar-refractivity contribution is -0.200. The van der Waals surface area contributed by atoms with Crippen molar-refractivity contribution in [2.45, 2.75) is 89.0 Å². The SMILES string of the molecule is CCC(O)(CC)[C@H](O)[C@@H](O)[C@H](O)[C@H](O)C(O)(CC)CC. The molecule has 0 aromatic heterocycles. The van der Waals surface area contributed by atoms with Crippen LogP contribution in [0.15, 0.2) is 0 Å². The van der Waals surface area contributed by atoms with Crippen LogP contribution < -0.4 is 0 Å². The number of rotatable bonds is 9. The van der Waals surface area contributed by atoms with Gasteiger partial charge in [0.15, 0.2) is 0 Å². The van der Waals surface area contributed by atoms with Crippen LogP contribution in [0.3, 0.4) is 0 Å². The Hall–Kier alpha value is -0.240. The second-order valence-corrected chi connectivity index (χ2v) is 5.49. The van der Waals surface area contributed by atoms with Gasteiger partial charge in [0.05, 0.1) is 11.2 Å². The lowest BCUT2D eigenvalue weighted by atomic mass is 9.80. The first-order chi connectivity index (χ1) is 9.13. The summed E-state index contributed by atoms with van der Waals surface area (Å²) in [6.07, 6.45) is -5.96. The third-order valence-electron chi connectivity index (χ3n) is 4.55. The number of aliphatic hydroxyl groups is 6. The highest BCUT2D eigenvalue weighted by Gasteiger charge is 2.46. The highest BCUT2D eigenvalue weighted by atomic mass is 16.4. The van der Waals surface area contributed by atoms with E-state index >= 15 is 0 Å². The van der Waals surface area contributed by atoms with Gasteiger partial charge in [0, 0.05) is 0 Å². The molecule has 0 aliphatic heterocycles. The maximum atomic E-state index is 10.2. The van der Waals surface area contributed by atoms with Crippen LogP contribution in [0.4, 0.5) is 0 Å². The van der Waals surface area contributed by atoms with Crippen LogP contribution in [-0.2, 0) is 0 Å². The quantitative estimate of drug-likeness (QED) is 0.342. The van der Waals surface area contributed by atoms with Crippen molar-refractivity contribution in [3.63, 3.8) is 0 Å². The maximum Gasteiger partial charge on any atom is 0.111 e. The molecular formula is C14H30O6. The van der Waals surface area contributed by atoms with E-state index in [1.165, 1.54) is 0 Å². The lowest BCUT2D eigenvalue weighted by Gasteiger charge is -2.40. The number of hydrogen-bond acceptors (Lipinski definition) is 6. The first-order valence-electron chi connectivity index (χ1n) is 7.30. The van der Waals surface area contributed by atoms with E-state index in [9.17, 15) is 30.6 Å². The van der Waals surface area contributed by atoms with Gasteiger partial charge >= 0.3 is 0 Å². The molecule has 0 heterocycles. The molecule has 0 unspecified atom stereocenters. The van der Waals surface area contributed by atoms with Crippen molar-refractivity contribution in [3.05, 3.63) is 0 Å². The molecule has 0 fully saturated rings. The minimum atomic E-state index is -1.75. The van der Waals surface area contributed by atoms with Gasteiger partial charge in [-0.05, 0) is 25.7 Å². The van der Waals surface area contributed by atoms with Gasteiger partial charge in [0.2, 0.25) is 0 Å². The summed E-state index contributed by atoms with van der Waals surface area (Å²) in [5.74, 6) is 0. The van der Waals surface area contributed by atoms with Gasteiger partial charge in [-0.25, -0.2) is 0 Å². The van der Waals surface area contributed by atoms with E-state index < -0.39 is 35.6 Å². The molecule has 6 heteroatoms. The topological polar surface area (TPSA) is 121 Å². The van der Waals surface area contributed by atoms with Gasteiger partial charge in [-0.1, -0.05) is 27.7 Å². The van der Waals surface area contributed by atoms with Crippen molar-refractivity contribution < 1.29 is 30.6 Å². The minimum absolute atomic E-state index is 0.191. The molecule has 6 N–H and O–H groups in total. The minimum Gasteiger partial charge on any atom is -0.387 e. The standard InChI is InChI=1S/C14H30O6/c1-5-13(19,6-2)11(17)9(15)10(16)12(18)14(20,7-3)8-4/h9-12,15-20H,5-8H2,1-4H3/t9-,10-,11-,12+/m0/s1. The van der Waals surface area contributed by atoms with E-state index in [-0.39, 0.29) is 25.7 Å². The Morgan fingerprint density at radius 1 is 0.600 bits per heavy atom. The third-order valence-corrected chi connectivity index (χ3v) is 4.55. The molecule has 20 heavy (non-hydrogen) atoms. The van der Waals surface area contributed by atoms with Crippen molar-refractivity contribution in [1.29, 1.82) is 0 Å². The van der Waals surface area contributed by atoms with Crippen LogP contribution >= 0.6 is 0 Å². The first kappa shape index (κ1) is 19.8. The molecule has 0 spiro atoms. The normalized spacial score (nSPS) is 19.5. The third kappa shape index (κ3) is 3.90. The van der Waals surface area contributed by atoms with Crippen LogP contribution in [0, 0.1) is 0 Å². The van der Waals surface area contributed by atoms with Gasteiger partial charge < -0.3 is 30.6 Å². The zero-order valence-corrected chi connectivity index (χ0v) is 12.8. The molecule has 0 aromatic rings. The van der Waals surface area contributed by atoms with Crippen LogP contribution in [0.5, 0.6) is 0 Å². The fraction of sp³-hybridized carbons (Fsp3) is 1.00. The van der Waals surface area contributed by atoms with Crippen molar-refractivity contribution in [2.75, 3.05) is 0 Å². The number of aliphatic hydroxyl groups excluding tert-OH is 4.